The number of nitrogens with zero attached hydrogens (tertiary/aromatic N) is 2. The zero-order valence-electron chi connectivity index (χ0n) is 16.7. The molecule has 2 N–H and O–H groups in total. The molecule has 0 bridgehead atoms. The summed E-state index contributed by atoms with van der Waals surface area (Å²) >= 11 is 0. The van der Waals surface area contributed by atoms with Gasteiger partial charge in [0.1, 0.15) is 11.5 Å². The lowest BCUT2D eigenvalue weighted by molar-refractivity contribution is 0.242. The van der Waals surface area contributed by atoms with Crippen LogP contribution in [-0.2, 0) is 0 Å². The van der Waals surface area contributed by atoms with Crippen LogP contribution >= 0.6 is 0 Å². The lowest BCUT2D eigenvalue weighted by atomic mass is 10.2. The summed E-state index contributed by atoms with van der Waals surface area (Å²) in [5.41, 5.74) is 0. The smallest absolute Gasteiger partial charge is 0.191 e. The zero-order chi connectivity index (χ0) is 18.9. The van der Waals surface area contributed by atoms with Crippen molar-refractivity contribution in [3.8, 4) is 11.5 Å². The van der Waals surface area contributed by atoms with Gasteiger partial charge < -0.3 is 20.1 Å². The van der Waals surface area contributed by atoms with E-state index in [0.29, 0.717) is 12.6 Å². The second-order valence-electron chi connectivity index (χ2n) is 7.44. The lowest BCUT2D eigenvalue weighted by Gasteiger charge is -2.24. The summed E-state index contributed by atoms with van der Waals surface area (Å²) in [6.07, 6.45) is 7.70. The third-order valence-electron chi connectivity index (χ3n) is 5.57. The van der Waals surface area contributed by atoms with Crippen LogP contribution in [0.15, 0.2) is 29.3 Å². The summed E-state index contributed by atoms with van der Waals surface area (Å²) in [7, 11) is 3.51. The number of hydrogen-bond donors (Lipinski definition) is 2. The topological polar surface area (TPSA) is 58.1 Å². The number of likely N-dealkylation sites (tertiary alicyclic amines) is 1. The third-order valence-corrected chi connectivity index (χ3v) is 5.57. The molecule has 0 amide bonds. The monoisotopic (exact) mass is 374 g/mol. The minimum atomic E-state index is 0.507. The maximum Gasteiger partial charge on any atom is 0.191 e. The summed E-state index contributed by atoms with van der Waals surface area (Å²) in [4.78, 5) is 7.04. The maximum absolute atomic E-state index is 5.76. The van der Waals surface area contributed by atoms with Crippen LogP contribution in [-0.4, -0.2) is 63.3 Å². The standard InChI is InChI=1S/C21H34N4O2/c1-22-21(24-17-12-14-25(16-17)18-6-3-4-7-18)23-13-5-15-27-20-10-8-19(26-2)9-11-20/h8-11,17-18H,3-7,12-16H2,1-2H3,(H2,22,23,24). The van der Waals surface area contributed by atoms with E-state index >= 15 is 0 Å². The molecule has 27 heavy (non-hydrogen) atoms. The van der Waals surface area contributed by atoms with Crippen molar-refractivity contribution in [1.82, 2.24) is 15.5 Å². The van der Waals surface area contributed by atoms with E-state index in [-0.39, 0.29) is 0 Å². The zero-order valence-corrected chi connectivity index (χ0v) is 16.7. The molecule has 2 fully saturated rings. The van der Waals surface area contributed by atoms with Crippen molar-refractivity contribution in [2.24, 2.45) is 4.99 Å². The molecular formula is C21H34N4O2. The van der Waals surface area contributed by atoms with Crippen LogP contribution in [0.4, 0.5) is 0 Å². The first-order valence-electron chi connectivity index (χ1n) is 10.3. The molecule has 1 aliphatic carbocycles. The van der Waals surface area contributed by atoms with Crippen LogP contribution in [0, 0.1) is 0 Å². The molecule has 2 aliphatic rings. The Morgan fingerprint density at radius 1 is 1.15 bits per heavy atom. The van der Waals surface area contributed by atoms with Crippen molar-refractivity contribution in [2.45, 2.75) is 50.6 Å². The number of rotatable bonds is 8. The molecule has 1 aliphatic heterocycles. The van der Waals surface area contributed by atoms with Crippen LogP contribution < -0.4 is 20.1 Å². The first kappa shape index (κ1) is 19.8. The highest BCUT2D eigenvalue weighted by Gasteiger charge is 2.30. The van der Waals surface area contributed by atoms with E-state index in [1.54, 1.807) is 7.11 Å². The second-order valence-corrected chi connectivity index (χ2v) is 7.44. The summed E-state index contributed by atoms with van der Waals surface area (Å²) in [6.45, 7) is 3.88. The fraction of sp³-hybridized carbons (Fsp3) is 0.667. The fourth-order valence-electron chi connectivity index (χ4n) is 4.04. The molecule has 6 nitrogen and oxygen atoms in total. The van der Waals surface area contributed by atoms with Crippen LogP contribution in [0.3, 0.4) is 0 Å². The second kappa shape index (κ2) is 10.4. The number of ether oxygens (including phenoxy) is 2. The largest absolute Gasteiger partial charge is 0.497 e. The highest BCUT2D eigenvalue weighted by molar-refractivity contribution is 5.79. The molecule has 1 heterocycles. The highest BCUT2D eigenvalue weighted by Crippen LogP contribution is 2.26. The summed E-state index contributed by atoms with van der Waals surface area (Å²) in [6, 6.07) is 9.02. The molecule has 0 aromatic heterocycles. The van der Waals surface area contributed by atoms with Gasteiger partial charge in [0, 0.05) is 38.8 Å². The third kappa shape index (κ3) is 6.03. The molecule has 1 unspecified atom stereocenters. The van der Waals surface area contributed by atoms with Gasteiger partial charge in [-0.2, -0.15) is 0 Å². The van der Waals surface area contributed by atoms with Crippen LogP contribution in [0.25, 0.3) is 0 Å². The average Bonchev–Trinajstić information content (AvgIpc) is 3.39. The van der Waals surface area contributed by atoms with Crippen LogP contribution in [0.2, 0.25) is 0 Å². The van der Waals surface area contributed by atoms with Gasteiger partial charge in [-0.15, -0.1) is 0 Å². The van der Waals surface area contributed by atoms with Crippen molar-refractivity contribution in [1.29, 1.82) is 0 Å². The number of aliphatic imine (C=N–C) groups is 1. The quantitative estimate of drug-likeness (QED) is 0.416. The van der Waals surface area contributed by atoms with Gasteiger partial charge in [-0.3, -0.25) is 9.89 Å². The molecule has 0 radical (unpaired) electrons. The van der Waals surface area contributed by atoms with E-state index in [1.165, 1.54) is 38.6 Å². The number of guanidine groups is 1. The van der Waals surface area contributed by atoms with Crippen molar-refractivity contribution < 1.29 is 9.47 Å². The molecule has 1 saturated carbocycles. The van der Waals surface area contributed by atoms with Crippen LogP contribution in [0.1, 0.15) is 38.5 Å². The van der Waals surface area contributed by atoms with Gasteiger partial charge in [0.25, 0.3) is 0 Å². The normalized spacial score (nSPS) is 21.4. The number of hydrogen-bond acceptors (Lipinski definition) is 4. The van der Waals surface area contributed by atoms with Crippen molar-refractivity contribution in [3.63, 3.8) is 0 Å². The minimum absolute atomic E-state index is 0.507. The number of benzene rings is 1. The molecule has 0 spiro atoms. The van der Waals surface area contributed by atoms with Crippen molar-refractivity contribution >= 4 is 5.96 Å². The van der Waals surface area contributed by atoms with Crippen LogP contribution in [0.5, 0.6) is 11.5 Å². The molecule has 1 atom stereocenters. The summed E-state index contributed by atoms with van der Waals surface area (Å²) in [5.74, 6) is 2.62. The Balaban J connectivity index is 1.30. The van der Waals surface area contributed by atoms with Gasteiger partial charge in [0.05, 0.1) is 13.7 Å². The molecular weight excluding hydrogens is 340 g/mol. The first-order chi connectivity index (χ1) is 13.3. The van der Waals surface area contributed by atoms with Crippen molar-refractivity contribution in [3.05, 3.63) is 24.3 Å². The molecule has 1 saturated heterocycles. The van der Waals surface area contributed by atoms with Crippen molar-refractivity contribution in [2.75, 3.05) is 40.4 Å². The Labute approximate surface area is 163 Å². The van der Waals surface area contributed by atoms with Gasteiger partial charge in [0.15, 0.2) is 5.96 Å². The Morgan fingerprint density at radius 2 is 1.89 bits per heavy atom. The Bertz CT molecular complexity index is 584. The van der Waals surface area contributed by atoms with E-state index in [9.17, 15) is 0 Å². The van der Waals surface area contributed by atoms with E-state index in [0.717, 1.165) is 43.0 Å². The number of nitrogens with one attached hydrogen (secondary N) is 2. The van der Waals surface area contributed by atoms with E-state index in [2.05, 4.69) is 20.5 Å². The van der Waals surface area contributed by atoms with E-state index in [1.807, 2.05) is 31.3 Å². The molecule has 3 rings (SSSR count). The lowest BCUT2D eigenvalue weighted by Crippen LogP contribution is -2.45. The maximum atomic E-state index is 5.76. The number of methoxy groups -OCH3 is 1. The minimum Gasteiger partial charge on any atom is -0.497 e. The first-order valence-corrected chi connectivity index (χ1v) is 10.3. The Hall–Kier alpha value is -1.95. The predicted octanol–water partition coefficient (Wildman–Crippen LogP) is 2.65. The van der Waals surface area contributed by atoms with E-state index in [4.69, 9.17) is 9.47 Å². The highest BCUT2D eigenvalue weighted by atomic mass is 16.5. The molecule has 6 heteroatoms. The van der Waals surface area contributed by atoms with E-state index < -0.39 is 0 Å². The summed E-state index contributed by atoms with van der Waals surface area (Å²) < 4.78 is 10.9. The summed E-state index contributed by atoms with van der Waals surface area (Å²) in [5, 5.41) is 6.99. The molecule has 1 aromatic carbocycles. The van der Waals surface area contributed by atoms with Gasteiger partial charge in [-0.25, -0.2) is 0 Å². The van der Waals surface area contributed by atoms with Gasteiger partial charge in [-0.1, -0.05) is 12.8 Å². The Kier molecular flexibility index (Phi) is 7.63. The SMILES string of the molecule is CN=C(NCCCOc1ccc(OC)cc1)NC1CCN(C2CCCC2)C1. The molecule has 1 aromatic rings. The average molecular weight is 375 g/mol. The van der Waals surface area contributed by atoms with Gasteiger partial charge >= 0.3 is 0 Å². The fourth-order valence-corrected chi connectivity index (χ4v) is 4.04. The predicted molar refractivity (Wildman–Crippen MR) is 110 cm³/mol. The Morgan fingerprint density at radius 3 is 2.59 bits per heavy atom. The molecule has 150 valence electrons. The van der Waals surface area contributed by atoms with Gasteiger partial charge in [-0.05, 0) is 49.9 Å². The van der Waals surface area contributed by atoms with Gasteiger partial charge in [0.2, 0.25) is 0 Å².